The molecule has 0 heterocycles. The molecule has 0 amide bonds. The largest absolute Gasteiger partial charge is 0.356 e. The Hall–Kier alpha value is 0.310. The standard InChI is InChI=1S/C14H32N4S.HI/c1-5-11-18(6-2)12-10-17-14(15-3)16-9-7-8-13-19-4;/h5-13H2,1-4H3,(H2,15,16,17);1H. The summed E-state index contributed by atoms with van der Waals surface area (Å²) in [5.74, 6) is 2.17. The summed E-state index contributed by atoms with van der Waals surface area (Å²) in [4.78, 5) is 6.70. The maximum absolute atomic E-state index is 4.25. The summed E-state index contributed by atoms with van der Waals surface area (Å²) in [6.45, 7) is 9.79. The van der Waals surface area contributed by atoms with Gasteiger partial charge in [-0.3, -0.25) is 4.99 Å². The lowest BCUT2D eigenvalue weighted by Crippen LogP contribution is -2.42. The Morgan fingerprint density at radius 1 is 1.10 bits per heavy atom. The number of unbranched alkanes of at least 4 members (excludes halogenated alkanes) is 1. The summed E-state index contributed by atoms with van der Waals surface area (Å²) in [5.41, 5.74) is 0. The molecule has 0 bridgehead atoms. The smallest absolute Gasteiger partial charge is 0.191 e. The molecular formula is C14H33IN4S. The molecule has 0 fully saturated rings. The van der Waals surface area contributed by atoms with E-state index in [1.54, 1.807) is 0 Å². The number of hydrogen-bond donors (Lipinski definition) is 2. The van der Waals surface area contributed by atoms with Crippen molar-refractivity contribution in [1.29, 1.82) is 0 Å². The zero-order valence-corrected chi connectivity index (χ0v) is 16.7. The van der Waals surface area contributed by atoms with Gasteiger partial charge in [0.05, 0.1) is 0 Å². The van der Waals surface area contributed by atoms with Crippen LogP contribution in [-0.2, 0) is 0 Å². The van der Waals surface area contributed by atoms with Crippen LogP contribution in [0.1, 0.15) is 33.1 Å². The van der Waals surface area contributed by atoms with Gasteiger partial charge >= 0.3 is 0 Å². The zero-order valence-electron chi connectivity index (χ0n) is 13.6. The first-order valence-corrected chi connectivity index (χ1v) is 8.83. The fourth-order valence-corrected chi connectivity index (χ4v) is 2.37. The lowest BCUT2D eigenvalue weighted by atomic mass is 10.3. The van der Waals surface area contributed by atoms with Crippen molar-refractivity contribution in [2.45, 2.75) is 33.1 Å². The second-order valence-corrected chi connectivity index (χ2v) is 5.55. The fourth-order valence-electron chi connectivity index (χ4n) is 1.88. The molecule has 122 valence electrons. The first kappa shape index (κ1) is 22.6. The minimum atomic E-state index is 0. The number of nitrogens with one attached hydrogen (secondary N) is 2. The highest BCUT2D eigenvalue weighted by Gasteiger charge is 2.01. The second kappa shape index (κ2) is 17.4. The van der Waals surface area contributed by atoms with Crippen LogP contribution in [0.25, 0.3) is 0 Å². The Bertz CT molecular complexity index is 227. The van der Waals surface area contributed by atoms with E-state index < -0.39 is 0 Å². The van der Waals surface area contributed by atoms with Crippen LogP contribution in [0.3, 0.4) is 0 Å². The monoisotopic (exact) mass is 416 g/mol. The summed E-state index contributed by atoms with van der Waals surface area (Å²) in [7, 11) is 1.83. The van der Waals surface area contributed by atoms with Gasteiger partial charge in [0.2, 0.25) is 0 Å². The van der Waals surface area contributed by atoms with E-state index in [0.717, 1.165) is 32.1 Å². The number of halogens is 1. The molecule has 4 nitrogen and oxygen atoms in total. The van der Waals surface area contributed by atoms with Crippen LogP contribution in [0.4, 0.5) is 0 Å². The highest BCUT2D eigenvalue weighted by Crippen LogP contribution is 1.97. The van der Waals surface area contributed by atoms with E-state index in [0.29, 0.717) is 0 Å². The van der Waals surface area contributed by atoms with E-state index in [2.05, 4.69) is 40.6 Å². The second-order valence-electron chi connectivity index (χ2n) is 4.56. The summed E-state index contributed by atoms with van der Waals surface area (Å²) in [5, 5.41) is 6.74. The van der Waals surface area contributed by atoms with Crippen LogP contribution in [-0.4, -0.2) is 62.6 Å². The molecule has 0 spiro atoms. The SMILES string of the molecule is CCCN(CC)CCNC(=NC)NCCCCSC.I. The van der Waals surface area contributed by atoms with Gasteiger partial charge in [0.1, 0.15) is 0 Å². The Morgan fingerprint density at radius 3 is 2.35 bits per heavy atom. The molecule has 0 atom stereocenters. The Kier molecular flexibility index (Phi) is 19.6. The number of likely N-dealkylation sites (N-methyl/N-ethyl adjacent to an activating group) is 1. The maximum Gasteiger partial charge on any atom is 0.191 e. The lowest BCUT2D eigenvalue weighted by Gasteiger charge is -2.20. The molecule has 0 unspecified atom stereocenters. The molecule has 0 aromatic heterocycles. The van der Waals surface area contributed by atoms with Gasteiger partial charge in [0.15, 0.2) is 5.96 Å². The van der Waals surface area contributed by atoms with Crippen LogP contribution in [0.15, 0.2) is 4.99 Å². The van der Waals surface area contributed by atoms with Crippen molar-refractivity contribution in [2.75, 3.05) is 51.8 Å². The molecule has 0 radical (unpaired) electrons. The third kappa shape index (κ3) is 13.3. The van der Waals surface area contributed by atoms with Crippen molar-refractivity contribution in [3.05, 3.63) is 0 Å². The summed E-state index contributed by atoms with van der Waals surface area (Å²) in [6, 6.07) is 0. The van der Waals surface area contributed by atoms with Gasteiger partial charge < -0.3 is 15.5 Å². The van der Waals surface area contributed by atoms with E-state index in [1.807, 2.05) is 18.8 Å². The number of guanidine groups is 1. The molecule has 0 aliphatic heterocycles. The van der Waals surface area contributed by atoms with E-state index in [4.69, 9.17) is 0 Å². The van der Waals surface area contributed by atoms with E-state index in [9.17, 15) is 0 Å². The highest BCUT2D eigenvalue weighted by atomic mass is 127. The zero-order chi connectivity index (χ0) is 14.3. The molecular weight excluding hydrogens is 383 g/mol. The molecule has 0 aliphatic carbocycles. The highest BCUT2D eigenvalue weighted by molar-refractivity contribution is 14.0. The fraction of sp³-hybridized carbons (Fsp3) is 0.929. The van der Waals surface area contributed by atoms with Crippen molar-refractivity contribution >= 4 is 41.7 Å². The van der Waals surface area contributed by atoms with Gasteiger partial charge in [-0.25, -0.2) is 0 Å². The number of hydrogen-bond acceptors (Lipinski definition) is 3. The van der Waals surface area contributed by atoms with Gasteiger partial charge in [0.25, 0.3) is 0 Å². The van der Waals surface area contributed by atoms with Gasteiger partial charge in [-0.15, -0.1) is 24.0 Å². The Labute approximate surface area is 147 Å². The van der Waals surface area contributed by atoms with Gasteiger partial charge in [-0.05, 0) is 44.4 Å². The average Bonchev–Trinajstić information content (AvgIpc) is 2.44. The number of aliphatic imine (C=N–C) groups is 1. The number of nitrogens with zero attached hydrogens (tertiary/aromatic N) is 2. The van der Waals surface area contributed by atoms with Gasteiger partial charge in [0, 0.05) is 26.7 Å². The minimum absolute atomic E-state index is 0. The van der Waals surface area contributed by atoms with Crippen LogP contribution in [0.2, 0.25) is 0 Å². The van der Waals surface area contributed by atoms with Crippen LogP contribution in [0.5, 0.6) is 0 Å². The maximum atomic E-state index is 4.25. The van der Waals surface area contributed by atoms with Crippen molar-refractivity contribution in [1.82, 2.24) is 15.5 Å². The van der Waals surface area contributed by atoms with Gasteiger partial charge in [-0.1, -0.05) is 13.8 Å². The quantitative estimate of drug-likeness (QED) is 0.235. The number of thioether (sulfide) groups is 1. The third-order valence-corrected chi connectivity index (χ3v) is 3.70. The normalized spacial score (nSPS) is 11.3. The van der Waals surface area contributed by atoms with Crippen molar-refractivity contribution in [3.8, 4) is 0 Å². The van der Waals surface area contributed by atoms with Crippen molar-refractivity contribution < 1.29 is 0 Å². The summed E-state index contributed by atoms with van der Waals surface area (Å²) < 4.78 is 0. The lowest BCUT2D eigenvalue weighted by molar-refractivity contribution is 0.293. The molecule has 2 N–H and O–H groups in total. The summed E-state index contributed by atoms with van der Waals surface area (Å²) in [6.07, 6.45) is 5.85. The molecule has 0 aliphatic rings. The van der Waals surface area contributed by atoms with E-state index in [-0.39, 0.29) is 24.0 Å². The van der Waals surface area contributed by atoms with Crippen molar-refractivity contribution in [3.63, 3.8) is 0 Å². The number of rotatable bonds is 11. The molecule has 6 heteroatoms. The van der Waals surface area contributed by atoms with E-state index in [1.165, 1.54) is 31.6 Å². The predicted octanol–water partition coefficient (Wildman–Crippen LogP) is 2.64. The molecule has 20 heavy (non-hydrogen) atoms. The van der Waals surface area contributed by atoms with Gasteiger partial charge in [-0.2, -0.15) is 11.8 Å². The van der Waals surface area contributed by atoms with E-state index >= 15 is 0 Å². The molecule has 0 saturated heterocycles. The molecule has 0 saturated carbocycles. The average molecular weight is 416 g/mol. The Balaban J connectivity index is 0. The van der Waals surface area contributed by atoms with Crippen molar-refractivity contribution in [2.24, 2.45) is 4.99 Å². The molecule has 0 aromatic carbocycles. The first-order valence-electron chi connectivity index (χ1n) is 7.44. The molecule has 0 rings (SSSR count). The van der Waals surface area contributed by atoms with Crippen LogP contribution < -0.4 is 10.6 Å². The van der Waals surface area contributed by atoms with Crippen LogP contribution in [0, 0.1) is 0 Å². The Morgan fingerprint density at radius 2 is 1.80 bits per heavy atom. The van der Waals surface area contributed by atoms with Crippen LogP contribution >= 0.6 is 35.7 Å². The minimum Gasteiger partial charge on any atom is -0.356 e. The topological polar surface area (TPSA) is 39.7 Å². The summed E-state index contributed by atoms with van der Waals surface area (Å²) >= 11 is 1.91. The first-order chi connectivity index (χ1) is 9.28. The predicted molar refractivity (Wildman–Crippen MR) is 105 cm³/mol. The third-order valence-electron chi connectivity index (χ3n) is 3.00. The molecule has 0 aromatic rings.